The molecule has 0 spiro atoms. The Hall–Kier alpha value is -1.82. The Bertz CT molecular complexity index is 729. The van der Waals surface area contributed by atoms with E-state index in [0.717, 1.165) is 23.9 Å². The van der Waals surface area contributed by atoms with E-state index in [9.17, 15) is 4.79 Å². The smallest absolute Gasteiger partial charge is 0.413 e. The van der Waals surface area contributed by atoms with Crippen molar-refractivity contribution in [3.63, 3.8) is 0 Å². The van der Waals surface area contributed by atoms with E-state index in [1.807, 2.05) is 26.8 Å². The number of carbonyl (C=O) groups is 1. The van der Waals surface area contributed by atoms with Crippen LogP contribution in [-0.2, 0) is 4.74 Å². The largest absolute Gasteiger partial charge is 0.444 e. The lowest BCUT2D eigenvalue weighted by molar-refractivity contribution is 0.0634. The number of nitrogens with zero attached hydrogens (tertiary/aromatic N) is 3. The maximum atomic E-state index is 12.1. The predicted octanol–water partition coefficient (Wildman–Crippen LogP) is 4.55. The van der Waals surface area contributed by atoms with Gasteiger partial charge in [-0.05, 0) is 51.3 Å². The molecule has 1 saturated carbocycles. The summed E-state index contributed by atoms with van der Waals surface area (Å²) in [4.78, 5) is 20.5. The molecule has 3 rings (SSSR count). The number of carbonyl (C=O) groups excluding carboxylic acids is 1. The van der Waals surface area contributed by atoms with E-state index in [1.54, 1.807) is 6.20 Å². The molecule has 1 amide bonds. The fourth-order valence-corrected chi connectivity index (χ4v) is 3.15. The Morgan fingerprint density at radius 1 is 1.39 bits per heavy atom. The van der Waals surface area contributed by atoms with E-state index in [0.29, 0.717) is 11.9 Å². The summed E-state index contributed by atoms with van der Waals surface area (Å²) in [5.41, 5.74) is 0.208. The molecule has 23 heavy (non-hydrogen) atoms. The van der Waals surface area contributed by atoms with Gasteiger partial charge in [0, 0.05) is 17.6 Å². The average Bonchev–Trinajstić information content (AvgIpc) is 3.02. The van der Waals surface area contributed by atoms with Crippen molar-refractivity contribution in [3.8, 4) is 0 Å². The molecule has 7 heteroatoms. The first kappa shape index (κ1) is 16.1. The topological polar surface area (TPSA) is 69.0 Å². The minimum absolute atomic E-state index is 0.207. The summed E-state index contributed by atoms with van der Waals surface area (Å²) >= 11 is 5.95. The zero-order chi connectivity index (χ0) is 16.6. The Labute approximate surface area is 140 Å². The molecule has 1 N–H and O–H groups in total. The highest BCUT2D eigenvalue weighted by atomic mass is 35.5. The lowest BCUT2D eigenvalue weighted by atomic mass is 10.2. The van der Waals surface area contributed by atoms with E-state index in [-0.39, 0.29) is 5.28 Å². The average molecular weight is 337 g/mol. The molecule has 0 unspecified atom stereocenters. The summed E-state index contributed by atoms with van der Waals surface area (Å²) in [5.74, 6) is 0.678. The highest BCUT2D eigenvalue weighted by Crippen LogP contribution is 2.36. The second-order valence-corrected chi connectivity index (χ2v) is 7.22. The van der Waals surface area contributed by atoms with Crippen LogP contribution in [0.3, 0.4) is 0 Å². The minimum atomic E-state index is -0.544. The molecule has 2 aromatic rings. The Balaban J connectivity index is 1.98. The van der Waals surface area contributed by atoms with E-state index in [1.165, 1.54) is 12.8 Å². The highest BCUT2D eigenvalue weighted by Gasteiger charge is 2.25. The van der Waals surface area contributed by atoms with Crippen LogP contribution in [0.1, 0.15) is 52.5 Å². The van der Waals surface area contributed by atoms with Crippen molar-refractivity contribution in [2.24, 2.45) is 0 Å². The first-order chi connectivity index (χ1) is 10.8. The molecular formula is C16H21ClN4O2. The van der Waals surface area contributed by atoms with Gasteiger partial charge in [-0.15, -0.1) is 0 Å². The van der Waals surface area contributed by atoms with Crippen molar-refractivity contribution < 1.29 is 9.53 Å². The quantitative estimate of drug-likeness (QED) is 0.817. The lowest BCUT2D eigenvalue weighted by Crippen LogP contribution is -2.28. The molecule has 0 bridgehead atoms. The highest BCUT2D eigenvalue weighted by molar-refractivity contribution is 6.28. The Kier molecular flexibility index (Phi) is 4.19. The van der Waals surface area contributed by atoms with Gasteiger partial charge in [0.2, 0.25) is 5.28 Å². The third kappa shape index (κ3) is 3.58. The van der Waals surface area contributed by atoms with Crippen LogP contribution in [0.15, 0.2) is 12.3 Å². The van der Waals surface area contributed by atoms with Crippen LogP contribution in [0.2, 0.25) is 5.28 Å². The van der Waals surface area contributed by atoms with Gasteiger partial charge in [0.15, 0.2) is 0 Å². The molecule has 0 aromatic carbocycles. The van der Waals surface area contributed by atoms with Gasteiger partial charge < -0.3 is 9.30 Å². The molecule has 1 aliphatic carbocycles. The van der Waals surface area contributed by atoms with Gasteiger partial charge in [-0.1, -0.05) is 12.8 Å². The number of rotatable bonds is 2. The van der Waals surface area contributed by atoms with Gasteiger partial charge in [-0.3, -0.25) is 5.32 Å². The number of hydrogen-bond donors (Lipinski definition) is 1. The normalized spacial score (nSPS) is 16.0. The SMILES string of the molecule is CC(C)(C)OC(=O)Nc1cc2cnc(Cl)nc2n1C1CCCC1. The summed E-state index contributed by atoms with van der Waals surface area (Å²) in [5, 5.41) is 3.90. The predicted molar refractivity (Wildman–Crippen MR) is 89.9 cm³/mol. The maximum absolute atomic E-state index is 12.1. The van der Waals surface area contributed by atoms with Gasteiger partial charge in [-0.25, -0.2) is 9.78 Å². The Morgan fingerprint density at radius 2 is 2.09 bits per heavy atom. The van der Waals surface area contributed by atoms with Crippen LogP contribution in [0.4, 0.5) is 10.6 Å². The summed E-state index contributed by atoms with van der Waals surface area (Å²) in [7, 11) is 0. The molecule has 2 aromatic heterocycles. The third-order valence-corrected chi connectivity index (χ3v) is 4.05. The van der Waals surface area contributed by atoms with Crippen LogP contribution in [-0.4, -0.2) is 26.2 Å². The fourth-order valence-electron chi connectivity index (χ4n) is 3.02. The molecular weight excluding hydrogens is 316 g/mol. The van der Waals surface area contributed by atoms with Crippen molar-refractivity contribution in [1.29, 1.82) is 0 Å². The van der Waals surface area contributed by atoms with Crippen molar-refractivity contribution in [2.75, 3.05) is 5.32 Å². The van der Waals surface area contributed by atoms with Crippen molar-refractivity contribution in [1.82, 2.24) is 14.5 Å². The van der Waals surface area contributed by atoms with Crippen molar-refractivity contribution >= 4 is 34.5 Å². The fraction of sp³-hybridized carbons (Fsp3) is 0.562. The zero-order valence-corrected chi connectivity index (χ0v) is 14.4. The van der Waals surface area contributed by atoms with Crippen LogP contribution in [0, 0.1) is 0 Å². The Morgan fingerprint density at radius 3 is 2.74 bits per heavy atom. The number of fused-ring (bicyclic) bond motifs is 1. The van der Waals surface area contributed by atoms with Crippen LogP contribution >= 0.6 is 11.6 Å². The van der Waals surface area contributed by atoms with Gasteiger partial charge in [0.1, 0.15) is 17.1 Å². The van der Waals surface area contributed by atoms with Gasteiger partial charge in [0.25, 0.3) is 0 Å². The van der Waals surface area contributed by atoms with Gasteiger partial charge in [-0.2, -0.15) is 4.98 Å². The van der Waals surface area contributed by atoms with Gasteiger partial charge in [0.05, 0.1) is 0 Å². The van der Waals surface area contributed by atoms with Gasteiger partial charge >= 0.3 is 6.09 Å². The maximum Gasteiger partial charge on any atom is 0.413 e. The van der Waals surface area contributed by atoms with Crippen LogP contribution < -0.4 is 5.32 Å². The second-order valence-electron chi connectivity index (χ2n) is 6.88. The molecule has 1 aliphatic rings. The number of halogens is 1. The van der Waals surface area contributed by atoms with E-state index in [4.69, 9.17) is 16.3 Å². The number of nitrogens with one attached hydrogen (secondary N) is 1. The minimum Gasteiger partial charge on any atom is -0.444 e. The van der Waals surface area contributed by atoms with Crippen molar-refractivity contribution in [2.45, 2.75) is 58.1 Å². The third-order valence-electron chi connectivity index (χ3n) is 3.87. The number of ether oxygens (including phenoxy) is 1. The standard InChI is InChI=1S/C16H21ClN4O2/c1-16(2,3)23-15(22)19-12-8-10-9-18-14(17)20-13(10)21(12)11-6-4-5-7-11/h8-9,11H,4-7H2,1-3H3,(H,19,22). The summed E-state index contributed by atoms with van der Waals surface area (Å²) in [6.45, 7) is 5.51. The molecule has 0 radical (unpaired) electrons. The van der Waals surface area contributed by atoms with E-state index in [2.05, 4.69) is 19.9 Å². The molecule has 1 fully saturated rings. The molecule has 2 heterocycles. The second kappa shape index (κ2) is 6.00. The molecule has 0 aliphatic heterocycles. The summed E-state index contributed by atoms with van der Waals surface area (Å²) in [6.07, 6.45) is 5.68. The number of amides is 1. The molecule has 0 saturated heterocycles. The summed E-state index contributed by atoms with van der Waals surface area (Å²) in [6, 6.07) is 2.18. The summed E-state index contributed by atoms with van der Waals surface area (Å²) < 4.78 is 7.41. The first-order valence-electron chi connectivity index (χ1n) is 7.87. The van der Waals surface area contributed by atoms with E-state index < -0.39 is 11.7 Å². The first-order valence-corrected chi connectivity index (χ1v) is 8.25. The number of hydrogen-bond acceptors (Lipinski definition) is 4. The monoisotopic (exact) mass is 336 g/mol. The zero-order valence-electron chi connectivity index (χ0n) is 13.6. The van der Waals surface area contributed by atoms with Crippen molar-refractivity contribution in [3.05, 3.63) is 17.5 Å². The van der Waals surface area contributed by atoms with Crippen LogP contribution in [0.5, 0.6) is 0 Å². The number of aromatic nitrogens is 3. The molecule has 0 atom stereocenters. The molecule has 124 valence electrons. The number of anilines is 1. The molecule has 6 nitrogen and oxygen atoms in total. The van der Waals surface area contributed by atoms with E-state index >= 15 is 0 Å². The van der Waals surface area contributed by atoms with Crippen LogP contribution in [0.25, 0.3) is 11.0 Å². The lowest BCUT2D eigenvalue weighted by Gasteiger charge is -2.21.